The van der Waals surface area contributed by atoms with Crippen LogP contribution in [0.4, 0.5) is 0 Å². The molecular weight excluding hydrogens is 330 g/mol. The largest absolute Gasteiger partial charge is 0.347 e. The highest BCUT2D eigenvalue weighted by atomic mass is 35.5. The van der Waals surface area contributed by atoms with Crippen LogP contribution in [-0.2, 0) is 26.2 Å². The number of pyridine rings is 1. The van der Waals surface area contributed by atoms with Crippen LogP contribution in [0.2, 0.25) is 5.15 Å². The van der Waals surface area contributed by atoms with Gasteiger partial charge in [0.15, 0.2) is 5.79 Å². The summed E-state index contributed by atoms with van der Waals surface area (Å²) in [4.78, 5) is 3.86. The maximum Gasteiger partial charge on any atom is 0.279 e. The number of rotatable bonds is 4. The van der Waals surface area contributed by atoms with Crippen molar-refractivity contribution in [3.8, 4) is 0 Å². The molecule has 1 aromatic rings. The van der Waals surface area contributed by atoms with Gasteiger partial charge >= 0.3 is 0 Å². The molecule has 1 spiro atoms. The fourth-order valence-corrected chi connectivity index (χ4v) is 4.06. The molecule has 2 aliphatic rings. The van der Waals surface area contributed by atoms with E-state index in [2.05, 4.69) is 9.71 Å². The summed E-state index contributed by atoms with van der Waals surface area (Å²) in [5.74, 6) is -0.579. The highest BCUT2D eigenvalue weighted by molar-refractivity contribution is 7.87. The van der Waals surface area contributed by atoms with Gasteiger partial charge in [0.25, 0.3) is 10.2 Å². The molecule has 0 atom stereocenters. The van der Waals surface area contributed by atoms with Crippen molar-refractivity contribution in [3.63, 3.8) is 0 Å². The number of aromatic nitrogens is 1. The van der Waals surface area contributed by atoms with Gasteiger partial charge in [0, 0.05) is 38.7 Å². The molecule has 0 unspecified atom stereocenters. The first-order chi connectivity index (χ1) is 10.5. The number of nitrogens with zero attached hydrogens (tertiary/aromatic N) is 2. The summed E-state index contributed by atoms with van der Waals surface area (Å²) in [6.45, 7) is 2.10. The molecule has 3 rings (SSSR count). The number of nitrogens with one attached hydrogen (secondary N) is 1. The Hall–Kier alpha value is -0.770. The van der Waals surface area contributed by atoms with E-state index in [1.807, 2.05) is 0 Å². The van der Waals surface area contributed by atoms with Gasteiger partial charge in [-0.15, -0.1) is 0 Å². The van der Waals surface area contributed by atoms with Gasteiger partial charge in [-0.2, -0.15) is 17.4 Å². The Balaban J connectivity index is 1.57. The molecule has 7 nitrogen and oxygen atoms in total. The van der Waals surface area contributed by atoms with Crippen LogP contribution in [0.5, 0.6) is 0 Å². The van der Waals surface area contributed by atoms with Crippen LogP contribution in [0.1, 0.15) is 18.4 Å². The lowest BCUT2D eigenvalue weighted by Gasteiger charge is -2.36. The van der Waals surface area contributed by atoms with Crippen molar-refractivity contribution in [1.29, 1.82) is 0 Å². The molecule has 0 bridgehead atoms. The molecule has 2 fully saturated rings. The Kier molecular flexibility index (Phi) is 4.67. The first-order valence-electron chi connectivity index (χ1n) is 7.12. The second kappa shape index (κ2) is 6.38. The van der Waals surface area contributed by atoms with Crippen molar-refractivity contribution in [2.24, 2.45) is 0 Å². The van der Waals surface area contributed by atoms with Crippen LogP contribution >= 0.6 is 11.6 Å². The predicted octanol–water partition coefficient (Wildman–Crippen LogP) is 0.908. The van der Waals surface area contributed by atoms with Crippen molar-refractivity contribution in [1.82, 2.24) is 14.0 Å². The Morgan fingerprint density at radius 2 is 2.00 bits per heavy atom. The second-order valence-electron chi connectivity index (χ2n) is 5.32. The number of hydrogen-bond donors (Lipinski definition) is 1. The molecule has 0 saturated carbocycles. The van der Waals surface area contributed by atoms with E-state index in [1.54, 1.807) is 18.3 Å². The van der Waals surface area contributed by atoms with Crippen LogP contribution in [0.15, 0.2) is 18.3 Å². The van der Waals surface area contributed by atoms with E-state index < -0.39 is 16.0 Å². The van der Waals surface area contributed by atoms with Crippen LogP contribution in [-0.4, -0.2) is 49.8 Å². The first kappa shape index (κ1) is 16.1. The minimum absolute atomic E-state index is 0.180. The van der Waals surface area contributed by atoms with E-state index in [4.69, 9.17) is 21.1 Å². The van der Waals surface area contributed by atoms with Crippen molar-refractivity contribution in [2.75, 3.05) is 26.3 Å². The minimum Gasteiger partial charge on any atom is -0.347 e. The first-order valence-corrected chi connectivity index (χ1v) is 8.94. The molecule has 0 aromatic carbocycles. The highest BCUT2D eigenvalue weighted by Gasteiger charge is 2.42. The van der Waals surface area contributed by atoms with Crippen molar-refractivity contribution in [3.05, 3.63) is 29.0 Å². The smallest absolute Gasteiger partial charge is 0.279 e. The molecule has 0 aliphatic carbocycles. The van der Waals surface area contributed by atoms with Crippen LogP contribution < -0.4 is 4.72 Å². The van der Waals surface area contributed by atoms with Gasteiger partial charge < -0.3 is 9.47 Å². The van der Waals surface area contributed by atoms with E-state index in [9.17, 15) is 8.42 Å². The van der Waals surface area contributed by atoms with Gasteiger partial charge in [-0.3, -0.25) is 0 Å². The zero-order valence-corrected chi connectivity index (χ0v) is 13.6. The summed E-state index contributed by atoms with van der Waals surface area (Å²) in [6, 6.07) is 3.36. The van der Waals surface area contributed by atoms with Crippen molar-refractivity contribution >= 4 is 21.8 Å². The Morgan fingerprint density at radius 3 is 2.64 bits per heavy atom. The van der Waals surface area contributed by atoms with Crippen molar-refractivity contribution in [2.45, 2.75) is 25.2 Å². The number of halogens is 1. The van der Waals surface area contributed by atoms with E-state index >= 15 is 0 Å². The summed E-state index contributed by atoms with van der Waals surface area (Å²) in [7, 11) is -3.53. The van der Waals surface area contributed by atoms with Crippen LogP contribution in [0, 0.1) is 0 Å². The number of ether oxygens (including phenoxy) is 2. The summed E-state index contributed by atoms with van der Waals surface area (Å²) >= 11 is 5.79. The van der Waals surface area contributed by atoms with Crippen LogP contribution in [0.25, 0.3) is 0 Å². The Labute approximate surface area is 134 Å². The number of hydrogen-bond acceptors (Lipinski definition) is 5. The molecule has 9 heteroatoms. The van der Waals surface area contributed by atoms with Gasteiger partial charge in [0.1, 0.15) is 5.15 Å². The molecule has 0 amide bonds. The summed E-state index contributed by atoms with van der Waals surface area (Å²) in [5.41, 5.74) is 0.763. The highest BCUT2D eigenvalue weighted by Crippen LogP contribution is 2.31. The molecule has 1 aromatic heterocycles. The normalized spacial score (nSPS) is 22.2. The van der Waals surface area contributed by atoms with Gasteiger partial charge in [-0.05, 0) is 17.7 Å². The van der Waals surface area contributed by atoms with Gasteiger partial charge in [0.05, 0.1) is 13.2 Å². The summed E-state index contributed by atoms with van der Waals surface area (Å²) in [5, 5.41) is 0.340. The predicted molar refractivity (Wildman–Crippen MR) is 80.4 cm³/mol. The SMILES string of the molecule is O=S(=O)(NCc1ccnc(Cl)c1)N1CCC2(CC1)OCCO2. The van der Waals surface area contributed by atoms with Gasteiger partial charge in [0.2, 0.25) is 0 Å². The molecule has 22 heavy (non-hydrogen) atoms. The summed E-state index contributed by atoms with van der Waals surface area (Å²) < 4.78 is 39.9. The molecular formula is C13H18ClN3O4S. The fraction of sp³-hybridized carbons (Fsp3) is 0.615. The standard InChI is InChI=1S/C13H18ClN3O4S/c14-12-9-11(1-4-15-12)10-16-22(18,19)17-5-2-13(3-6-17)20-7-8-21-13/h1,4,9,16H,2-3,5-8,10H2. The minimum atomic E-state index is -3.53. The van der Waals surface area contributed by atoms with E-state index in [0.717, 1.165) is 5.56 Å². The Morgan fingerprint density at radius 1 is 1.32 bits per heavy atom. The molecule has 3 heterocycles. The zero-order valence-electron chi connectivity index (χ0n) is 12.0. The maximum absolute atomic E-state index is 12.3. The Bertz CT molecular complexity index is 624. The zero-order chi connectivity index (χ0) is 15.6. The van der Waals surface area contributed by atoms with E-state index in [0.29, 0.717) is 44.3 Å². The number of piperidine rings is 1. The van der Waals surface area contributed by atoms with Gasteiger partial charge in [-0.1, -0.05) is 11.6 Å². The molecule has 0 radical (unpaired) electrons. The quantitative estimate of drug-likeness (QED) is 0.819. The average molecular weight is 348 g/mol. The lowest BCUT2D eigenvalue weighted by Crippen LogP contribution is -2.50. The molecule has 122 valence electrons. The second-order valence-corrected chi connectivity index (χ2v) is 7.46. The van der Waals surface area contributed by atoms with E-state index in [1.165, 1.54) is 4.31 Å². The fourth-order valence-electron chi connectivity index (χ4n) is 2.67. The average Bonchev–Trinajstić information content (AvgIpc) is 2.94. The maximum atomic E-state index is 12.3. The third-order valence-corrected chi connectivity index (χ3v) is 5.65. The van der Waals surface area contributed by atoms with E-state index in [-0.39, 0.29) is 6.54 Å². The van der Waals surface area contributed by atoms with Crippen molar-refractivity contribution < 1.29 is 17.9 Å². The molecule has 2 aliphatic heterocycles. The summed E-state index contributed by atoms with van der Waals surface area (Å²) in [6.07, 6.45) is 2.65. The lowest BCUT2D eigenvalue weighted by molar-refractivity contribution is -0.179. The monoisotopic (exact) mass is 347 g/mol. The molecule has 2 saturated heterocycles. The third kappa shape index (κ3) is 3.58. The topological polar surface area (TPSA) is 80.8 Å². The lowest BCUT2D eigenvalue weighted by atomic mass is 10.1. The third-order valence-electron chi connectivity index (χ3n) is 3.89. The van der Waals surface area contributed by atoms with Crippen LogP contribution in [0.3, 0.4) is 0 Å². The van der Waals surface area contributed by atoms with Gasteiger partial charge in [-0.25, -0.2) is 4.98 Å². The molecule has 1 N–H and O–H groups in total.